The van der Waals surface area contributed by atoms with Crippen LogP contribution >= 0.6 is 11.8 Å². The molecule has 0 unspecified atom stereocenters. The zero-order valence-electron chi connectivity index (χ0n) is 14.3. The predicted molar refractivity (Wildman–Crippen MR) is 91.6 cm³/mol. The van der Waals surface area contributed by atoms with E-state index in [-0.39, 0.29) is 54.0 Å². The van der Waals surface area contributed by atoms with Crippen molar-refractivity contribution >= 4 is 59.1 Å². The molecule has 0 saturated carbocycles. The van der Waals surface area contributed by atoms with Crippen LogP contribution in [0.15, 0.2) is 16.4 Å². The number of likely N-dealkylation sites (tertiary alicyclic amines) is 1. The maximum absolute atomic E-state index is 12.8. The Kier molecular flexibility index (Phi) is 5.75. The number of tetrazole rings is 1. The molecule has 1 aromatic heterocycles. The predicted octanol–water partition coefficient (Wildman–Crippen LogP) is -1.00. The molecule has 1 N–H and O–H groups in total. The van der Waals surface area contributed by atoms with E-state index in [2.05, 4.69) is 15.5 Å². The Hall–Kier alpha value is -1.64. The van der Waals surface area contributed by atoms with Gasteiger partial charge in [0.1, 0.15) is 11.7 Å². The van der Waals surface area contributed by atoms with Crippen LogP contribution in [0.1, 0.15) is 6.42 Å². The molecule has 15 heteroatoms. The molecular formula is C14H14F3N6NaO4S. The fraction of sp³-hybridized carbons (Fsp3) is 0.571. The molecular weight excluding hydrogens is 428 g/mol. The molecule has 0 aliphatic carbocycles. The average molecular weight is 442 g/mol. The number of carboxylic acid groups (broad SMARTS) is 1. The number of halogens is 3. The van der Waals surface area contributed by atoms with Crippen molar-refractivity contribution in [2.75, 3.05) is 12.3 Å². The summed E-state index contributed by atoms with van der Waals surface area (Å²) in [6.45, 7) is -0.248. The van der Waals surface area contributed by atoms with E-state index in [0.29, 0.717) is 15.6 Å². The van der Waals surface area contributed by atoms with Gasteiger partial charge in [-0.3, -0.25) is 14.5 Å². The van der Waals surface area contributed by atoms with Crippen molar-refractivity contribution in [3.05, 3.63) is 11.3 Å². The van der Waals surface area contributed by atoms with E-state index >= 15 is 0 Å². The molecule has 3 aliphatic heterocycles. The Balaban J connectivity index is 0.00000240. The number of alkyl halides is 3. The molecule has 4 rings (SSSR count). The molecule has 3 atom stereocenters. The first-order valence-electron chi connectivity index (χ1n) is 8.12. The summed E-state index contributed by atoms with van der Waals surface area (Å²) in [5, 5.41) is 20.9. The maximum atomic E-state index is 12.8. The first kappa shape index (κ1) is 22.1. The summed E-state index contributed by atoms with van der Waals surface area (Å²) in [5.74, 6) is -4.51. The van der Waals surface area contributed by atoms with Crippen LogP contribution < -0.4 is 0 Å². The van der Waals surface area contributed by atoms with Gasteiger partial charge in [0, 0.05) is 25.3 Å². The Morgan fingerprint density at radius 2 is 2.03 bits per heavy atom. The Morgan fingerprint density at radius 1 is 1.34 bits per heavy atom. The summed E-state index contributed by atoms with van der Waals surface area (Å²) in [6.07, 6.45) is -4.92. The summed E-state index contributed by atoms with van der Waals surface area (Å²) >= 11 is 1.15. The van der Waals surface area contributed by atoms with Crippen LogP contribution in [0.5, 0.6) is 0 Å². The first-order valence-corrected chi connectivity index (χ1v) is 9.11. The van der Waals surface area contributed by atoms with Crippen LogP contribution in [-0.4, -0.2) is 113 Å². The van der Waals surface area contributed by atoms with Gasteiger partial charge in [-0.2, -0.15) is 13.2 Å². The molecule has 0 spiro atoms. The molecule has 1 aromatic rings. The molecule has 29 heavy (non-hydrogen) atoms. The van der Waals surface area contributed by atoms with Crippen molar-refractivity contribution in [1.29, 1.82) is 0 Å². The van der Waals surface area contributed by atoms with E-state index in [1.165, 1.54) is 4.68 Å². The van der Waals surface area contributed by atoms with Gasteiger partial charge in [-0.25, -0.2) is 9.48 Å². The summed E-state index contributed by atoms with van der Waals surface area (Å²) in [7, 11) is 1.60. The molecule has 10 nitrogen and oxygen atoms in total. The van der Waals surface area contributed by atoms with Crippen molar-refractivity contribution in [2.24, 2.45) is 13.0 Å². The van der Waals surface area contributed by atoms with Gasteiger partial charge >= 0.3 is 47.6 Å². The molecule has 4 heterocycles. The Labute approximate surface area is 187 Å². The number of aromatic nitrogens is 4. The van der Waals surface area contributed by atoms with E-state index in [4.69, 9.17) is 0 Å². The van der Waals surface area contributed by atoms with Crippen LogP contribution in [-0.2, 0) is 21.4 Å². The third-order valence-corrected chi connectivity index (χ3v) is 6.21. The van der Waals surface area contributed by atoms with E-state index in [9.17, 15) is 32.7 Å². The van der Waals surface area contributed by atoms with E-state index < -0.39 is 42.0 Å². The molecule has 152 valence electrons. The molecule has 2 amide bonds. The minimum absolute atomic E-state index is 0. The zero-order valence-corrected chi connectivity index (χ0v) is 15.1. The van der Waals surface area contributed by atoms with Gasteiger partial charge in [0.05, 0.1) is 6.04 Å². The number of aliphatic carboxylic acids is 1. The summed E-state index contributed by atoms with van der Waals surface area (Å²) in [4.78, 5) is 37.5. The fourth-order valence-corrected chi connectivity index (χ4v) is 4.91. The van der Waals surface area contributed by atoms with Crippen LogP contribution in [0.3, 0.4) is 0 Å². The third kappa shape index (κ3) is 3.45. The van der Waals surface area contributed by atoms with Gasteiger partial charge in [-0.05, 0) is 22.4 Å². The SMILES string of the molecule is Cn1nnnc1SCC1=C(C(=O)O)N2C(=O)[C@@H]3[C@H]2[C@H](C1)CN3C(=O)C(F)(F)F.[NaH]. The molecule has 0 radical (unpaired) electrons. The van der Waals surface area contributed by atoms with Gasteiger partial charge in [0.15, 0.2) is 0 Å². The summed E-state index contributed by atoms with van der Waals surface area (Å²) < 4.78 is 39.9. The van der Waals surface area contributed by atoms with Crippen molar-refractivity contribution in [3.8, 4) is 0 Å². The first-order chi connectivity index (χ1) is 13.1. The number of amides is 2. The number of aryl methyl sites for hydroxylation is 1. The average Bonchev–Trinajstić information content (AvgIpc) is 3.18. The normalized spacial score (nSPS) is 25.5. The van der Waals surface area contributed by atoms with Gasteiger partial charge < -0.3 is 10.0 Å². The number of β-lactam (4-membered cyclic amide) rings is 1. The standard InChI is InChI=1S/C14H13F3N6O4S.Na.H/c1-21-13(18-19-20-21)28-4-6-2-5-3-22(12(27)14(15,16)17)9-7(5)23(10(9)24)8(6)11(25)26;;/h5,7,9H,2-4H2,1H3,(H,25,26);;/t5-,7-,9+;;/m1../s1. The fourth-order valence-electron chi connectivity index (χ4n) is 4.03. The second kappa shape index (κ2) is 7.56. The number of carboxylic acids is 1. The van der Waals surface area contributed by atoms with Crippen LogP contribution in [0.2, 0.25) is 0 Å². The number of hydrogen-bond donors (Lipinski definition) is 1. The topological polar surface area (TPSA) is 122 Å². The quantitative estimate of drug-likeness (QED) is 0.358. The van der Waals surface area contributed by atoms with E-state index in [1.807, 2.05) is 0 Å². The van der Waals surface area contributed by atoms with Gasteiger partial charge in [0.2, 0.25) is 5.16 Å². The number of rotatable bonds is 4. The van der Waals surface area contributed by atoms with Crippen molar-refractivity contribution in [2.45, 2.75) is 29.8 Å². The van der Waals surface area contributed by atoms with Gasteiger partial charge in [-0.15, -0.1) is 5.10 Å². The molecule has 0 aromatic carbocycles. The number of nitrogens with zero attached hydrogens (tertiary/aromatic N) is 6. The van der Waals surface area contributed by atoms with E-state index in [0.717, 1.165) is 16.7 Å². The monoisotopic (exact) mass is 442 g/mol. The van der Waals surface area contributed by atoms with Crippen molar-refractivity contribution < 1.29 is 32.7 Å². The second-order valence-corrected chi connectivity index (χ2v) is 7.64. The molecule has 0 bridgehead atoms. The molecule has 2 saturated heterocycles. The van der Waals surface area contributed by atoms with Crippen LogP contribution in [0.4, 0.5) is 13.2 Å². The minimum atomic E-state index is -5.09. The summed E-state index contributed by atoms with van der Waals surface area (Å²) in [6, 6.07) is -2.00. The Morgan fingerprint density at radius 3 is 2.59 bits per heavy atom. The number of thioether (sulfide) groups is 1. The van der Waals surface area contributed by atoms with E-state index in [1.54, 1.807) is 7.05 Å². The second-order valence-electron chi connectivity index (χ2n) is 6.69. The van der Waals surface area contributed by atoms with Crippen molar-refractivity contribution in [1.82, 2.24) is 30.0 Å². The summed E-state index contributed by atoms with van der Waals surface area (Å²) in [5.41, 5.74) is 0.168. The molecule has 3 aliphatic rings. The van der Waals surface area contributed by atoms with Gasteiger partial charge in [-0.1, -0.05) is 11.8 Å². The van der Waals surface area contributed by atoms with Crippen molar-refractivity contribution in [3.63, 3.8) is 0 Å². The molecule has 2 fully saturated rings. The third-order valence-electron chi connectivity index (χ3n) is 5.11. The Bertz CT molecular complexity index is 921. The number of carbonyl (C=O) groups is 3. The number of carbonyl (C=O) groups excluding carboxylic acids is 2. The van der Waals surface area contributed by atoms with Crippen LogP contribution in [0.25, 0.3) is 0 Å². The number of hydrogen-bond acceptors (Lipinski definition) is 7. The van der Waals surface area contributed by atoms with Gasteiger partial charge in [0.25, 0.3) is 5.91 Å². The van der Waals surface area contributed by atoms with Crippen LogP contribution in [0, 0.1) is 5.92 Å². The zero-order chi connectivity index (χ0) is 20.4.